The average Bonchev–Trinajstić information content (AvgIpc) is 3.23. The molecule has 174 valence electrons. The van der Waals surface area contributed by atoms with Crippen LogP contribution in [0.1, 0.15) is 9.67 Å². The van der Waals surface area contributed by atoms with Gasteiger partial charge in [0.2, 0.25) is 0 Å². The Labute approximate surface area is 216 Å². The lowest BCUT2D eigenvalue weighted by molar-refractivity contribution is 0.103. The molecule has 35 heavy (non-hydrogen) atoms. The number of fused-ring (bicyclic) bond motifs is 1. The van der Waals surface area contributed by atoms with Gasteiger partial charge in [0.05, 0.1) is 34.2 Å². The van der Waals surface area contributed by atoms with E-state index in [0.717, 1.165) is 33.5 Å². The van der Waals surface area contributed by atoms with Gasteiger partial charge < -0.3 is 15.8 Å². The number of amides is 1. The minimum Gasteiger partial charge on any atom is -0.497 e. The number of nitrogens with zero attached hydrogens (tertiary/aromatic N) is 1. The molecule has 0 spiro atoms. The standard InChI is InChI=1S/C27H19Cl2N3O2S/c1-34-17-12-10-15(11-13-17)18-14-21(16-6-3-2-4-7-16)32-27-22(18)24(30)25(35-27)26(33)31-20-9-5-8-19(28)23(20)29/h2-14H,30H2,1H3,(H,31,33). The number of carbonyl (C=O) groups excluding carboxylic acids is 1. The van der Waals surface area contributed by atoms with Crippen molar-refractivity contribution < 1.29 is 9.53 Å². The summed E-state index contributed by atoms with van der Waals surface area (Å²) in [5.74, 6) is 0.371. The number of benzene rings is 3. The number of aromatic nitrogens is 1. The molecule has 5 rings (SSSR count). The van der Waals surface area contributed by atoms with E-state index in [1.165, 1.54) is 11.3 Å². The summed E-state index contributed by atoms with van der Waals surface area (Å²) in [5.41, 5.74) is 10.9. The predicted octanol–water partition coefficient (Wildman–Crippen LogP) is 7.78. The van der Waals surface area contributed by atoms with Crippen molar-refractivity contribution in [1.82, 2.24) is 4.98 Å². The van der Waals surface area contributed by atoms with E-state index in [1.807, 2.05) is 60.7 Å². The van der Waals surface area contributed by atoms with Crippen molar-refractivity contribution >= 4 is 62.0 Å². The number of pyridine rings is 1. The van der Waals surface area contributed by atoms with Gasteiger partial charge in [-0.3, -0.25) is 4.79 Å². The molecule has 3 aromatic carbocycles. The fourth-order valence-electron chi connectivity index (χ4n) is 3.82. The second kappa shape index (κ2) is 9.58. The molecule has 0 aliphatic heterocycles. The fourth-order valence-corrected chi connectivity index (χ4v) is 5.19. The van der Waals surface area contributed by atoms with Gasteiger partial charge in [-0.2, -0.15) is 0 Å². The summed E-state index contributed by atoms with van der Waals surface area (Å²) in [6.45, 7) is 0. The number of hydrogen-bond donors (Lipinski definition) is 2. The summed E-state index contributed by atoms with van der Waals surface area (Å²) >= 11 is 13.6. The summed E-state index contributed by atoms with van der Waals surface area (Å²) in [4.78, 5) is 19.1. The molecule has 0 atom stereocenters. The molecule has 8 heteroatoms. The maximum Gasteiger partial charge on any atom is 0.267 e. The Morgan fingerprint density at radius 2 is 1.71 bits per heavy atom. The van der Waals surface area contributed by atoms with E-state index in [2.05, 4.69) is 5.32 Å². The summed E-state index contributed by atoms with van der Waals surface area (Å²) < 4.78 is 5.31. The van der Waals surface area contributed by atoms with Crippen LogP contribution in [0.3, 0.4) is 0 Å². The van der Waals surface area contributed by atoms with Gasteiger partial charge in [-0.25, -0.2) is 4.98 Å². The molecule has 0 radical (unpaired) electrons. The van der Waals surface area contributed by atoms with E-state index in [-0.39, 0.29) is 10.9 Å². The van der Waals surface area contributed by atoms with Gasteiger partial charge in [0.15, 0.2) is 0 Å². The van der Waals surface area contributed by atoms with Crippen LogP contribution in [0.4, 0.5) is 11.4 Å². The lowest BCUT2D eigenvalue weighted by Gasteiger charge is -2.10. The predicted molar refractivity (Wildman–Crippen MR) is 146 cm³/mol. The third kappa shape index (κ3) is 4.44. The van der Waals surface area contributed by atoms with Crippen LogP contribution in [-0.2, 0) is 0 Å². The summed E-state index contributed by atoms with van der Waals surface area (Å²) in [5, 5.41) is 4.17. The van der Waals surface area contributed by atoms with Gasteiger partial charge in [0.25, 0.3) is 5.91 Å². The number of nitrogen functional groups attached to an aromatic ring is 1. The molecular formula is C27H19Cl2N3O2S. The molecule has 0 aliphatic carbocycles. The first kappa shape index (κ1) is 23.2. The molecule has 0 saturated carbocycles. The van der Waals surface area contributed by atoms with Gasteiger partial charge in [-0.1, -0.05) is 71.7 Å². The van der Waals surface area contributed by atoms with Crippen LogP contribution in [0.5, 0.6) is 5.75 Å². The Morgan fingerprint density at radius 3 is 2.43 bits per heavy atom. The molecule has 2 aromatic heterocycles. The van der Waals surface area contributed by atoms with Crippen LogP contribution >= 0.6 is 34.5 Å². The van der Waals surface area contributed by atoms with Crippen molar-refractivity contribution in [2.24, 2.45) is 0 Å². The Balaban J connectivity index is 1.67. The van der Waals surface area contributed by atoms with Crippen molar-refractivity contribution in [3.8, 4) is 28.1 Å². The van der Waals surface area contributed by atoms with E-state index in [0.29, 0.717) is 26.1 Å². The molecule has 5 nitrogen and oxygen atoms in total. The average molecular weight is 520 g/mol. The zero-order valence-corrected chi connectivity index (χ0v) is 20.8. The van der Waals surface area contributed by atoms with Crippen LogP contribution < -0.4 is 15.8 Å². The molecule has 1 amide bonds. The van der Waals surface area contributed by atoms with Crippen LogP contribution in [0.25, 0.3) is 32.6 Å². The Kier molecular flexibility index (Phi) is 6.34. The molecule has 0 unspecified atom stereocenters. The number of nitrogens with one attached hydrogen (secondary N) is 1. The minimum atomic E-state index is -0.378. The third-order valence-corrected chi connectivity index (χ3v) is 7.49. The monoisotopic (exact) mass is 519 g/mol. The van der Waals surface area contributed by atoms with Crippen molar-refractivity contribution in [2.45, 2.75) is 0 Å². The van der Waals surface area contributed by atoms with Crippen molar-refractivity contribution in [2.75, 3.05) is 18.2 Å². The first-order chi connectivity index (χ1) is 17.0. The topological polar surface area (TPSA) is 77.2 Å². The van der Waals surface area contributed by atoms with Crippen LogP contribution in [-0.4, -0.2) is 18.0 Å². The van der Waals surface area contributed by atoms with E-state index < -0.39 is 0 Å². The smallest absolute Gasteiger partial charge is 0.267 e. The molecule has 3 N–H and O–H groups in total. The summed E-state index contributed by atoms with van der Waals surface area (Å²) in [6, 6.07) is 24.6. The largest absolute Gasteiger partial charge is 0.497 e. The molecule has 0 aliphatic rings. The number of nitrogens with two attached hydrogens (primary N) is 1. The van der Waals surface area contributed by atoms with Crippen molar-refractivity contribution in [1.29, 1.82) is 0 Å². The van der Waals surface area contributed by atoms with Crippen LogP contribution in [0.15, 0.2) is 78.9 Å². The number of methoxy groups -OCH3 is 1. The van der Waals surface area contributed by atoms with E-state index in [4.69, 9.17) is 38.7 Å². The number of anilines is 2. The highest BCUT2D eigenvalue weighted by atomic mass is 35.5. The lowest BCUT2D eigenvalue weighted by Crippen LogP contribution is -2.12. The Bertz CT molecular complexity index is 1550. The molecule has 5 aromatic rings. The normalized spacial score (nSPS) is 10.9. The van der Waals surface area contributed by atoms with Gasteiger partial charge in [0.1, 0.15) is 15.5 Å². The van der Waals surface area contributed by atoms with Gasteiger partial charge in [-0.15, -0.1) is 11.3 Å². The molecule has 0 saturated heterocycles. The lowest BCUT2D eigenvalue weighted by atomic mass is 9.99. The maximum absolute atomic E-state index is 13.2. The highest BCUT2D eigenvalue weighted by molar-refractivity contribution is 7.21. The second-order valence-corrected chi connectivity index (χ2v) is 9.51. The van der Waals surface area contributed by atoms with Gasteiger partial charge in [0, 0.05) is 10.9 Å². The Morgan fingerprint density at radius 1 is 0.971 bits per heavy atom. The number of hydrogen-bond acceptors (Lipinski definition) is 5. The second-order valence-electron chi connectivity index (χ2n) is 7.73. The highest BCUT2D eigenvalue weighted by Gasteiger charge is 2.22. The highest BCUT2D eigenvalue weighted by Crippen LogP contribution is 2.42. The SMILES string of the molecule is COc1ccc(-c2cc(-c3ccccc3)nc3sc(C(=O)Nc4cccc(Cl)c4Cl)c(N)c23)cc1. The van der Waals surface area contributed by atoms with Crippen LogP contribution in [0, 0.1) is 0 Å². The summed E-state index contributed by atoms with van der Waals surface area (Å²) in [6.07, 6.45) is 0. The van der Waals surface area contributed by atoms with Crippen molar-refractivity contribution in [3.05, 3.63) is 93.8 Å². The molecule has 2 heterocycles. The Hall–Kier alpha value is -3.58. The first-order valence-corrected chi connectivity index (χ1v) is 12.2. The van der Waals surface area contributed by atoms with Crippen LogP contribution in [0.2, 0.25) is 10.0 Å². The maximum atomic E-state index is 13.2. The molecular weight excluding hydrogens is 501 g/mol. The number of carbonyl (C=O) groups is 1. The van der Waals surface area contributed by atoms with Crippen molar-refractivity contribution in [3.63, 3.8) is 0 Å². The zero-order valence-electron chi connectivity index (χ0n) is 18.5. The number of halogens is 2. The van der Waals surface area contributed by atoms with Gasteiger partial charge >= 0.3 is 0 Å². The number of rotatable bonds is 5. The van der Waals surface area contributed by atoms with E-state index >= 15 is 0 Å². The summed E-state index contributed by atoms with van der Waals surface area (Å²) in [7, 11) is 1.63. The first-order valence-electron chi connectivity index (χ1n) is 10.6. The van der Waals surface area contributed by atoms with E-state index in [9.17, 15) is 4.79 Å². The third-order valence-electron chi connectivity index (χ3n) is 5.58. The number of thiophene rings is 1. The van der Waals surface area contributed by atoms with Gasteiger partial charge in [-0.05, 0) is 41.5 Å². The number of ether oxygens (including phenoxy) is 1. The quantitative estimate of drug-likeness (QED) is 0.248. The zero-order chi connectivity index (χ0) is 24.5. The van der Waals surface area contributed by atoms with E-state index in [1.54, 1.807) is 25.3 Å². The fraction of sp³-hybridized carbons (Fsp3) is 0.0370. The minimum absolute atomic E-state index is 0.269. The molecule has 0 bridgehead atoms. The molecule has 0 fully saturated rings.